The van der Waals surface area contributed by atoms with Gasteiger partial charge >= 0.3 is 25.4 Å². The van der Waals surface area contributed by atoms with Gasteiger partial charge in [0.05, 0.1) is 18.8 Å². The van der Waals surface area contributed by atoms with E-state index in [9.17, 15) is 9.46 Å². The number of hydrogen-bond acceptors (Lipinski definition) is 7. The minimum atomic E-state index is -2.94. The molecule has 0 aromatic rings. The summed E-state index contributed by atoms with van der Waals surface area (Å²) in [5, 5.41) is 3.89. The van der Waals surface area contributed by atoms with Crippen LogP contribution in [0.25, 0.3) is 10.4 Å². The summed E-state index contributed by atoms with van der Waals surface area (Å²) in [5.41, 5.74) is 9.46. The molecule has 0 aliphatic carbocycles. The normalized spacial score (nSPS) is 31.4. The third-order valence-electron chi connectivity index (χ3n) is 5.98. The lowest BCUT2D eigenvalue weighted by atomic mass is 10.0. The SMILES string of the molecule is CC(C)[Si]1(C(C)C)O[C@@H]2[C@@H](O[Si](C(C)C)(C(C)C)O1)[C@H](O[P+](=O)O)OC[C@@H]2N=[N+]=[N-]. The smallest absolute Gasteiger partial charge is 0.414 e. The van der Waals surface area contributed by atoms with E-state index in [1.807, 2.05) is 0 Å². The molecule has 5 atom stereocenters. The molecule has 0 radical (unpaired) electrons. The molecule has 0 aromatic carbocycles. The first kappa shape index (κ1) is 25.9. The van der Waals surface area contributed by atoms with E-state index in [0.717, 1.165) is 0 Å². The van der Waals surface area contributed by atoms with Gasteiger partial charge in [-0.3, -0.25) is 0 Å². The summed E-state index contributed by atoms with van der Waals surface area (Å²) in [6, 6.07) is -0.659. The first-order valence-corrected chi connectivity index (χ1v) is 15.5. The molecule has 1 unspecified atom stereocenters. The largest absolute Gasteiger partial charge is 0.697 e. The summed E-state index contributed by atoms with van der Waals surface area (Å²) in [6.45, 7) is 16.7. The monoisotopic (exact) mass is 480 g/mol. The van der Waals surface area contributed by atoms with Crippen LogP contribution in [0, 0.1) is 0 Å². The maximum Gasteiger partial charge on any atom is 0.697 e. The summed E-state index contributed by atoms with van der Waals surface area (Å²) >= 11 is 0. The molecule has 2 heterocycles. The predicted molar refractivity (Wildman–Crippen MR) is 116 cm³/mol. The van der Waals surface area contributed by atoms with Gasteiger partial charge in [-0.2, -0.15) is 0 Å². The Kier molecular flexibility index (Phi) is 8.65. The molecule has 2 aliphatic heterocycles. The van der Waals surface area contributed by atoms with Crippen molar-refractivity contribution in [3.05, 3.63) is 10.4 Å². The molecule has 1 N–H and O–H groups in total. The topological polar surface area (TPSA) is 132 Å². The minimum absolute atomic E-state index is 0.00100. The molecule has 10 nitrogen and oxygen atoms in total. The summed E-state index contributed by atoms with van der Waals surface area (Å²) in [7, 11) is -8.75. The lowest BCUT2D eigenvalue weighted by molar-refractivity contribution is -0.203. The number of ether oxygens (including phenoxy) is 1. The van der Waals surface area contributed by atoms with Gasteiger partial charge in [0, 0.05) is 9.48 Å². The first-order valence-electron chi connectivity index (χ1n) is 10.5. The van der Waals surface area contributed by atoms with Crippen molar-refractivity contribution < 1.29 is 31.7 Å². The zero-order chi connectivity index (χ0) is 22.9. The second-order valence-corrected chi connectivity index (χ2v) is 18.6. The highest BCUT2D eigenvalue weighted by Crippen LogP contribution is 2.49. The fraction of sp³-hybridized carbons (Fsp3) is 1.00. The molecule has 2 saturated heterocycles. The molecule has 13 heteroatoms. The Hall–Kier alpha value is -0.396. The Labute approximate surface area is 181 Å². The number of hydrogen-bond donors (Lipinski definition) is 1. The van der Waals surface area contributed by atoms with Crippen LogP contribution < -0.4 is 0 Å². The van der Waals surface area contributed by atoms with E-state index in [2.05, 4.69) is 65.4 Å². The third kappa shape index (κ3) is 4.83. The Morgan fingerprint density at radius 3 is 1.87 bits per heavy atom. The van der Waals surface area contributed by atoms with E-state index in [1.165, 1.54) is 0 Å². The molecule has 30 heavy (non-hydrogen) atoms. The minimum Gasteiger partial charge on any atom is -0.414 e. The summed E-state index contributed by atoms with van der Waals surface area (Å²) in [5.74, 6) is 0. The van der Waals surface area contributed by atoms with E-state index in [1.54, 1.807) is 0 Å². The number of rotatable bonds is 7. The van der Waals surface area contributed by atoms with Crippen molar-refractivity contribution in [2.24, 2.45) is 5.11 Å². The standard InChI is InChI=1S/C17H34N3O7PSi2/c1-10(2)29(11(3)4)25-15-14(19-20-18)9-23-17(24-28(21)22)16(15)26-30(27-29,12(5)6)13(7)8/h10-17H,9H2,1-8H3/p+1/t14-,15-,16+,17-/m0/s1. The third-order valence-corrected chi connectivity index (χ3v) is 16.6. The zero-order valence-corrected chi connectivity index (χ0v) is 21.9. The van der Waals surface area contributed by atoms with Gasteiger partial charge in [0.2, 0.25) is 6.29 Å². The van der Waals surface area contributed by atoms with Crippen LogP contribution in [-0.4, -0.2) is 53.2 Å². The molecule has 0 aromatic heterocycles. The van der Waals surface area contributed by atoms with Crippen LogP contribution in [0.4, 0.5) is 0 Å². The molecular weight excluding hydrogens is 445 g/mol. The Morgan fingerprint density at radius 1 is 1.00 bits per heavy atom. The fourth-order valence-corrected chi connectivity index (χ4v) is 16.1. The van der Waals surface area contributed by atoms with Crippen LogP contribution in [0.15, 0.2) is 5.11 Å². The molecule has 2 rings (SSSR count). The molecule has 0 amide bonds. The predicted octanol–water partition coefficient (Wildman–Crippen LogP) is 5.01. The van der Waals surface area contributed by atoms with Crippen molar-refractivity contribution in [3.8, 4) is 0 Å². The summed E-state index contributed by atoms with van der Waals surface area (Å²) in [6.07, 6.45) is -2.66. The second kappa shape index (κ2) is 10.0. The first-order chi connectivity index (χ1) is 13.9. The van der Waals surface area contributed by atoms with Crippen molar-refractivity contribution in [2.75, 3.05) is 6.61 Å². The van der Waals surface area contributed by atoms with Crippen molar-refractivity contribution >= 4 is 25.4 Å². The number of azide groups is 1. The van der Waals surface area contributed by atoms with Gasteiger partial charge in [-0.25, -0.2) is 0 Å². The Morgan fingerprint density at radius 2 is 1.47 bits per heavy atom. The van der Waals surface area contributed by atoms with Gasteiger partial charge in [-0.15, -0.1) is 4.89 Å². The summed E-state index contributed by atoms with van der Waals surface area (Å²) < 4.78 is 42.9. The average molecular weight is 481 g/mol. The van der Waals surface area contributed by atoms with Gasteiger partial charge in [0.25, 0.3) is 0 Å². The second-order valence-electron chi connectivity index (χ2n) is 9.15. The molecule has 0 saturated carbocycles. The highest BCUT2D eigenvalue weighted by atomic mass is 31.1. The molecule has 172 valence electrons. The molecule has 2 aliphatic rings. The van der Waals surface area contributed by atoms with Crippen LogP contribution in [0.5, 0.6) is 0 Å². The van der Waals surface area contributed by atoms with Gasteiger partial charge < -0.3 is 17.7 Å². The van der Waals surface area contributed by atoms with Crippen molar-refractivity contribution in [2.45, 2.75) is 102 Å². The van der Waals surface area contributed by atoms with E-state index in [4.69, 9.17) is 27.8 Å². The molecule has 0 bridgehead atoms. The maximum absolute atomic E-state index is 11.5. The average Bonchev–Trinajstić information content (AvgIpc) is 2.80. The van der Waals surface area contributed by atoms with Crippen molar-refractivity contribution in [3.63, 3.8) is 0 Å². The van der Waals surface area contributed by atoms with Crippen LogP contribution in [0.2, 0.25) is 22.2 Å². The van der Waals surface area contributed by atoms with Gasteiger partial charge in [-0.05, 0) is 27.7 Å². The van der Waals surface area contributed by atoms with Gasteiger partial charge in [-0.1, -0.05) is 65.0 Å². The van der Waals surface area contributed by atoms with Crippen LogP contribution >= 0.6 is 8.25 Å². The van der Waals surface area contributed by atoms with Crippen LogP contribution in [-0.2, 0) is 26.8 Å². The Bertz CT molecular complexity index is 660. The fourth-order valence-electron chi connectivity index (χ4n) is 4.44. The molecule has 2 fully saturated rings. The summed E-state index contributed by atoms with van der Waals surface area (Å²) in [4.78, 5) is 12.3. The van der Waals surface area contributed by atoms with Crippen molar-refractivity contribution in [1.29, 1.82) is 0 Å². The lowest BCUT2D eigenvalue weighted by Crippen LogP contribution is -2.59. The Balaban J connectivity index is 2.70. The molecule has 0 spiro atoms. The van der Waals surface area contributed by atoms with Crippen LogP contribution in [0.1, 0.15) is 55.4 Å². The highest BCUT2D eigenvalue weighted by molar-refractivity contribution is 7.32. The van der Waals surface area contributed by atoms with E-state index in [0.29, 0.717) is 0 Å². The van der Waals surface area contributed by atoms with Crippen LogP contribution in [0.3, 0.4) is 0 Å². The van der Waals surface area contributed by atoms with E-state index in [-0.39, 0.29) is 28.8 Å². The lowest BCUT2D eigenvalue weighted by Gasteiger charge is -2.45. The zero-order valence-electron chi connectivity index (χ0n) is 19.0. The van der Waals surface area contributed by atoms with E-state index < -0.39 is 49.9 Å². The quantitative estimate of drug-likeness (QED) is 0.178. The molecular formula is C17H35N3O7PSi2+. The number of nitrogens with zero attached hydrogens (tertiary/aromatic N) is 3. The van der Waals surface area contributed by atoms with Crippen molar-refractivity contribution in [1.82, 2.24) is 0 Å². The van der Waals surface area contributed by atoms with E-state index >= 15 is 0 Å². The highest BCUT2D eigenvalue weighted by Gasteiger charge is 2.64. The van der Waals surface area contributed by atoms with Gasteiger partial charge in [0.15, 0.2) is 0 Å². The maximum atomic E-state index is 11.5. The number of fused-ring (bicyclic) bond motifs is 1. The van der Waals surface area contributed by atoms with Gasteiger partial charge in [0.1, 0.15) is 6.10 Å².